The van der Waals surface area contributed by atoms with E-state index >= 15 is 0 Å². The van der Waals surface area contributed by atoms with Crippen LogP contribution in [0, 0.1) is 24.7 Å². The van der Waals surface area contributed by atoms with Crippen LogP contribution in [0.25, 0.3) is 0 Å². The van der Waals surface area contributed by atoms with Crippen LogP contribution in [0.2, 0.25) is 5.02 Å². The number of benzene rings is 1. The van der Waals surface area contributed by atoms with E-state index in [0.717, 1.165) is 29.2 Å². The van der Waals surface area contributed by atoms with Crippen molar-refractivity contribution >= 4 is 11.6 Å². The normalized spacial score (nSPS) is 24.3. The summed E-state index contributed by atoms with van der Waals surface area (Å²) in [6.45, 7) is 6.83. The largest absolute Gasteiger partial charge is 0.316 e. The fourth-order valence-electron chi connectivity index (χ4n) is 3.77. The Balaban J connectivity index is 1.97. The summed E-state index contributed by atoms with van der Waals surface area (Å²) in [7, 11) is 2.10. The zero-order valence-electron chi connectivity index (χ0n) is 14.0. The molecule has 0 amide bonds. The first-order chi connectivity index (χ1) is 10.0. The van der Waals surface area contributed by atoms with Crippen LogP contribution in [-0.4, -0.2) is 13.1 Å². The molecule has 1 aromatic carbocycles. The molecule has 1 atom stereocenters. The Morgan fingerprint density at radius 2 is 1.76 bits per heavy atom. The molecule has 118 valence electrons. The molecule has 1 aromatic rings. The summed E-state index contributed by atoms with van der Waals surface area (Å²) in [5, 5.41) is 4.47. The van der Waals surface area contributed by atoms with Crippen molar-refractivity contribution < 1.29 is 0 Å². The molecule has 1 nitrogen and oxygen atoms in total. The molecule has 1 fully saturated rings. The van der Waals surface area contributed by atoms with E-state index in [-0.39, 0.29) is 0 Å². The van der Waals surface area contributed by atoms with Gasteiger partial charge in [-0.1, -0.05) is 37.6 Å². The molecule has 0 aromatic heterocycles. The first kappa shape index (κ1) is 16.8. The van der Waals surface area contributed by atoms with E-state index in [0.29, 0.717) is 6.04 Å². The fourth-order valence-corrected chi connectivity index (χ4v) is 4.09. The summed E-state index contributed by atoms with van der Waals surface area (Å²) in [5.41, 5.74) is 2.52. The van der Waals surface area contributed by atoms with Gasteiger partial charge in [-0.2, -0.15) is 0 Å². The van der Waals surface area contributed by atoms with Gasteiger partial charge in [0.1, 0.15) is 0 Å². The summed E-state index contributed by atoms with van der Waals surface area (Å²) in [4.78, 5) is 0. The van der Waals surface area contributed by atoms with Crippen molar-refractivity contribution in [3.8, 4) is 0 Å². The molecular weight excluding hydrogens is 278 g/mol. The van der Waals surface area contributed by atoms with Crippen LogP contribution in [0.4, 0.5) is 0 Å². The minimum absolute atomic E-state index is 0.554. The number of aryl methyl sites for hydroxylation is 1. The van der Waals surface area contributed by atoms with Crippen LogP contribution in [0.3, 0.4) is 0 Å². The van der Waals surface area contributed by atoms with Gasteiger partial charge in [-0.15, -0.1) is 0 Å². The quantitative estimate of drug-likeness (QED) is 0.784. The number of likely N-dealkylation sites (N-methyl/N-ethyl adjacent to an activating group) is 1. The smallest absolute Gasteiger partial charge is 0.0441 e. The number of hydrogen-bond acceptors (Lipinski definition) is 1. The van der Waals surface area contributed by atoms with Crippen LogP contribution in [-0.2, 0) is 6.42 Å². The summed E-state index contributed by atoms with van der Waals surface area (Å²) < 4.78 is 0. The molecule has 0 spiro atoms. The number of hydrogen-bond donors (Lipinski definition) is 1. The van der Waals surface area contributed by atoms with Crippen molar-refractivity contribution in [2.75, 3.05) is 7.05 Å². The van der Waals surface area contributed by atoms with Gasteiger partial charge in [-0.3, -0.25) is 0 Å². The topological polar surface area (TPSA) is 12.0 Å². The van der Waals surface area contributed by atoms with Gasteiger partial charge < -0.3 is 5.32 Å². The Kier molecular flexibility index (Phi) is 6.13. The Morgan fingerprint density at radius 3 is 2.29 bits per heavy atom. The molecule has 1 N–H and O–H groups in total. The molecule has 0 saturated heterocycles. The lowest BCUT2D eigenvalue weighted by atomic mass is 9.73. The molecule has 2 heteroatoms. The Bertz CT molecular complexity index is 447. The molecule has 0 heterocycles. The second kappa shape index (κ2) is 7.65. The van der Waals surface area contributed by atoms with Gasteiger partial charge in [0, 0.05) is 11.1 Å². The van der Waals surface area contributed by atoms with Crippen molar-refractivity contribution in [2.45, 2.75) is 58.9 Å². The van der Waals surface area contributed by atoms with Crippen molar-refractivity contribution in [1.82, 2.24) is 5.32 Å². The average molecular weight is 308 g/mol. The van der Waals surface area contributed by atoms with Crippen LogP contribution in [0.1, 0.15) is 50.7 Å². The number of halogens is 1. The minimum Gasteiger partial charge on any atom is -0.316 e. The van der Waals surface area contributed by atoms with Crippen LogP contribution in [0.5, 0.6) is 0 Å². The van der Waals surface area contributed by atoms with Crippen molar-refractivity contribution in [3.63, 3.8) is 0 Å². The van der Waals surface area contributed by atoms with Gasteiger partial charge >= 0.3 is 0 Å². The molecule has 1 saturated carbocycles. The Labute approximate surface area is 135 Å². The lowest BCUT2D eigenvalue weighted by molar-refractivity contribution is 0.191. The van der Waals surface area contributed by atoms with Crippen LogP contribution < -0.4 is 5.32 Å². The van der Waals surface area contributed by atoms with E-state index in [1.165, 1.54) is 36.8 Å². The maximum Gasteiger partial charge on any atom is 0.0441 e. The van der Waals surface area contributed by atoms with E-state index in [2.05, 4.69) is 51.3 Å². The van der Waals surface area contributed by atoms with Gasteiger partial charge in [0.15, 0.2) is 0 Å². The van der Waals surface area contributed by atoms with Crippen molar-refractivity contribution in [1.29, 1.82) is 0 Å². The standard InChI is InChI=1S/C19H30ClN/c1-13(2)15-7-9-16(10-8-15)19(21-4)12-17-6-5-14(3)11-18(17)20/h5-6,11,13,15-16,19,21H,7-10,12H2,1-4H3. The molecule has 1 aliphatic carbocycles. The SMILES string of the molecule is CNC(Cc1ccc(C)cc1Cl)C1CCC(C(C)C)CC1. The highest BCUT2D eigenvalue weighted by atomic mass is 35.5. The van der Waals surface area contributed by atoms with E-state index in [1.807, 2.05) is 0 Å². The van der Waals surface area contributed by atoms with Gasteiger partial charge in [-0.25, -0.2) is 0 Å². The number of rotatable bonds is 5. The first-order valence-corrected chi connectivity index (χ1v) is 8.81. The molecule has 21 heavy (non-hydrogen) atoms. The fraction of sp³-hybridized carbons (Fsp3) is 0.684. The van der Waals surface area contributed by atoms with Gasteiger partial charge in [0.05, 0.1) is 0 Å². The first-order valence-electron chi connectivity index (χ1n) is 8.43. The van der Waals surface area contributed by atoms with Gasteiger partial charge in [0.25, 0.3) is 0 Å². The summed E-state index contributed by atoms with van der Waals surface area (Å²) in [6, 6.07) is 7.00. The third kappa shape index (κ3) is 4.47. The summed E-state index contributed by atoms with van der Waals surface area (Å²) >= 11 is 6.41. The third-order valence-corrected chi connectivity index (χ3v) is 5.70. The van der Waals surface area contributed by atoms with Crippen LogP contribution in [0.15, 0.2) is 18.2 Å². The molecule has 1 unspecified atom stereocenters. The minimum atomic E-state index is 0.554. The molecule has 1 aliphatic rings. The highest BCUT2D eigenvalue weighted by molar-refractivity contribution is 6.31. The molecule has 0 bridgehead atoms. The Hall–Kier alpha value is -0.530. The van der Waals surface area contributed by atoms with E-state index in [1.54, 1.807) is 0 Å². The predicted octanol–water partition coefficient (Wildman–Crippen LogP) is 5.24. The lowest BCUT2D eigenvalue weighted by Crippen LogP contribution is -2.38. The molecule has 0 radical (unpaired) electrons. The molecular formula is C19H30ClN. The third-order valence-electron chi connectivity index (χ3n) is 5.35. The highest BCUT2D eigenvalue weighted by Crippen LogP contribution is 2.35. The predicted molar refractivity (Wildman–Crippen MR) is 93.0 cm³/mol. The lowest BCUT2D eigenvalue weighted by Gasteiger charge is -2.35. The second-order valence-electron chi connectivity index (χ2n) is 7.11. The second-order valence-corrected chi connectivity index (χ2v) is 7.52. The molecule has 2 rings (SSSR count). The summed E-state index contributed by atoms with van der Waals surface area (Å²) in [6.07, 6.45) is 6.55. The van der Waals surface area contributed by atoms with Crippen LogP contribution >= 0.6 is 11.6 Å². The van der Waals surface area contributed by atoms with Crippen molar-refractivity contribution in [2.24, 2.45) is 17.8 Å². The maximum atomic E-state index is 6.41. The van der Waals surface area contributed by atoms with E-state index in [9.17, 15) is 0 Å². The highest BCUT2D eigenvalue weighted by Gasteiger charge is 2.28. The molecule has 0 aliphatic heterocycles. The summed E-state index contributed by atoms with van der Waals surface area (Å²) in [5.74, 6) is 2.56. The van der Waals surface area contributed by atoms with Crippen molar-refractivity contribution in [3.05, 3.63) is 34.3 Å². The zero-order chi connectivity index (χ0) is 15.4. The van der Waals surface area contributed by atoms with Gasteiger partial charge in [-0.05, 0) is 81.0 Å². The van der Waals surface area contributed by atoms with Gasteiger partial charge in [0.2, 0.25) is 0 Å². The average Bonchev–Trinajstić information content (AvgIpc) is 2.47. The number of nitrogens with one attached hydrogen (secondary N) is 1. The van der Waals surface area contributed by atoms with E-state index in [4.69, 9.17) is 11.6 Å². The Morgan fingerprint density at radius 1 is 1.14 bits per heavy atom. The maximum absolute atomic E-state index is 6.41. The monoisotopic (exact) mass is 307 g/mol. The zero-order valence-corrected chi connectivity index (χ0v) is 14.7. The van der Waals surface area contributed by atoms with E-state index < -0.39 is 0 Å².